The molecule has 0 heterocycles. The molecule has 4 nitrogen and oxygen atoms in total. The van der Waals surface area contributed by atoms with Crippen LogP contribution >= 0.6 is 0 Å². The summed E-state index contributed by atoms with van der Waals surface area (Å²) in [6.45, 7) is 1.57. The first-order valence-corrected chi connectivity index (χ1v) is 5.11. The third kappa shape index (κ3) is 3.82. The van der Waals surface area contributed by atoms with Gasteiger partial charge in [-0.25, -0.2) is 0 Å². The smallest absolute Gasteiger partial charge is 0.237 e. The van der Waals surface area contributed by atoms with Crippen LogP contribution < -0.4 is 11.1 Å². The first-order valence-electron chi connectivity index (χ1n) is 5.11. The molecule has 2 atom stereocenters. The lowest BCUT2D eigenvalue weighted by atomic mass is 10.1. The van der Waals surface area contributed by atoms with Crippen molar-refractivity contribution in [3.63, 3.8) is 0 Å². The molecule has 1 aromatic rings. The molecule has 0 bridgehead atoms. The fourth-order valence-corrected chi connectivity index (χ4v) is 1.28. The van der Waals surface area contributed by atoms with Crippen molar-refractivity contribution in [2.75, 3.05) is 0 Å². The zero-order valence-corrected chi connectivity index (χ0v) is 9.14. The number of carbonyl (C=O) groups excluding carboxylic acids is 2. The highest BCUT2D eigenvalue weighted by molar-refractivity contribution is 5.83. The van der Waals surface area contributed by atoms with E-state index in [9.17, 15) is 9.59 Å². The van der Waals surface area contributed by atoms with Crippen molar-refractivity contribution in [2.45, 2.75) is 25.4 Å². The van der Waals surface area contributed by atoms with Gasteiger partial charge in [-0.3, -0.25) is 9.59 Å². The van der Waals surface area contributed by atoms with Crippen LogP contribution in [0.4, 0.5) is 0 Å². The normalized spacial score (nSPS) is 13.9. The van der Waals surface area contributed by atoms with Crippen molar-refractivity contribution in [3.8, 4) is 0 Å². The van der Waals surface area contributed by atoms with Gasteiger partial charge in [-0.1, -0.05) is 30.3 Å². The van der Waals surface area contributed by atoms with E-state index in [-0.39, 0.29) is 5.91 Å². The van der Waals surface area contributed by atoms with Gasteiger partial charge in [-0.2, -0.15) is 0 Å². The Morgan fingerprint density at radius 1 is 1.44 bits per heavy atom. The number of hydrogen-bond donors (Lipinski definition) is 2. The molecule has 1 amide bonds. The molecule has 4 heteroatoms. The van der Waals surface area contributed by atoms with Crippen LogP contribution in [0.25, 0.3) is 0 Å². The van der Waals surface area contributed by atoms with Crippen LogP contribution in [0.3, 0.4) is 0 Å². The maximum Gasteiger partial charge on any atom is 0.237 e. The van der Waals surface area contributed by atoms with Crippen LogP contribution in [0, 0.1) is 0 Å². The standard InChI is InChI=1S/C12H15N2O2/c1-9(13)12(16)14-11(8-15)7-10-5-3-2-4-6-10/h2-6,9,11H,7,13H2,1H3,(H,14,16)/t9-,11+/m1/s1. The summed E-state index contributed by atoms with van der Waals surface area (Å²) in [4.78, 5) is 22.0. The van der Waals surface area contributed by atoms with Gasteiger partial charge in [-0.05, 0) is 12.5 Å². The van der Waals surface area contributed by atoms with Gasteiger partial charge >= 0.3 is 0 Å². The highest BCUT2D eigenvalue weighted by Gasteiger charge is 2.15. The number of amides is 1. The van der Waals surface area contributed by atoms with Crippen LogP contribution in [0.15, 0.2) is 30.3 Å². The molecule has 0 fully saturated rings. The van der Waals surface area contributed by atoms with E-state index in [1.807, 2.05) is 30.3 Å². The Labute approximate surface area is 94.8 Å². The van der Waals surface area contributed by atoms with E-state index >= 15 is 0 Å². The van der Waals surface area contributed by atoms with E-state index in [0.29, 0.717) is 6.42 Å². The topological polar surface area (TPSA) is 72.2 Å². The zero-order valence-electron chi connectivity index (χ0n) is 9.14. The highest BCUT2D eigenvalue weighted by atomic mass is 16.2. The number of nitrogens with two attached hydrogens (primary N) is 1. The summed E-state index contributed by atoms with van der Waals surface area (Å²) in [5, 5.41) is 2.53. The SMILES string of the molecule is C[C@@H](N)C(=O)N[C@H]([C]=O)Cc1ccccc1. The van der Waals surface area contributed by atoms with E-state index in [0.717, 1.165) is 5.56 Å². The second-order valence-electron chi connectivity index (χ2n) is 3.66. The third-order valence-electron chi connectivity index (χ3n) is 2.15. The molecule has 85 valence electrons. The Kier molecular flexibility index (Phi) is 4.66. The van der Waals surface area contributed by atoms with Crippen LogP contribution in [0.2, 0.25) is 0 Å². The lowest BCUT2D eigenvalue weighted by Crippen LogP contribution is -2.45. The Morgan fingerprint density at radius 2 is 2.06 bits per heavy atom. The minimum Gasteiger partial charge on any atom is -0.344 e. The number of hydrogen-bond acceptors (Lipinski definition) is 3. The highest BCUT2D eigenvalue weighted by Crippen LogP contribution is 2.01. The van der Waals surface area contributed by atoms with Gasteiger partial charge < -0.3 is 11.1 Å². The van der Waals surface area contributed by atoms with Gasteiger partial charge in [-0.15, -0.1) is 0 Å². The lowest BCUT2D eigenvalue weighted by Gasteiger charge is -2.13. The Morgan fingerprint density at radius 3 is 2.56 bits per heavy atom. The molecule has 1 rings (SSSR count). The monoisotopic (exact) mass is 219 g/mol. The molecular formula is C12H15N2O2. The Balaban J connectivity index is 2.56. The number of benzene rings is 1. The molecule has 0 aliphatic rings. The van der Waals surface area contributed by atoms with Gasteiger partial charge in [0.2, 0.25) is 12.2 Å². The first kappa shape index (κ1) is 12.4. The number of nitrogens with one attached hydrogen (secondary N) is 1. The zero-order chi connectivity index (χ0) is 12.0. The van der Waals surface area contributed by atoms with Crippen LogP contribution in [-0.2, 0) is 16.0 Å². The van der Waals surface area contributed by atoms with E-state index in [1.165, 1.54) is 0 Å². The van der Waals surface area contributed by atoms with Crippen molar-refractivity contribution >= 4 is 12.2 Å². The maximum absolute atomic E-state index is 11.3. The van der Waals surface area contributed by atoms with Crippen molar-refractivity contribution in [1.82, 2.24) is 5.32 Å². The van der Waals surface area contributed by atoms with Gasteiger partial charge in [0.25, 0.3) is 0 Å². The molecule has 1 radical (unpaired) electrons. The molecule has 3 N–H and O–H groups in total. The molecular weight excluding hydrogens is 204 g/mol. The maximum atomic E-state index is 11.3. The van der Waals surface area contributed by atoms with E-state index in [2.05, 4.69) is 5.32 Å². The molecule has 0 aliphatic carbocycles. The largest absolute Gasteiger partial charge is 0.344 e. The minimum absolute atomic E-state index is 0.343. The quantitative estimate of drug-likeness (QED) is 0.741. The van der Waals surface area contributed by atoms with E-state index < -0.39 is 12.1 Å². The average Bonchev–Trinajstić information content (AvgIpc) is 2.29. The summed E-state index contributed by atoms with van der Waals surface area (Å²) < 4.78 is 0. The molecule has 0 saturated heterocycles. The van der Waals surface area contributed by atoms with Crippen LogP contribution in [-0.4, -0.2) is 24.3 Å². The summed E-state index contributed by atoms with van der Waals surface area (Å²) >= 11 is 0. The predicted molar refractivity (Wildman–Crippen MR) is 61.4 cm³/mol. The predicted octanol–water partition coefficient (Wildman–Crippen LogP) is 0.171. The van der Waals surface area contributed by atoms with Gasteiger partial charge in [0.15, 0.2) is 0 Å². The fourth-order valence-electron chi connectivity index (χ4n) is 1.28. The average molecular weight is 219 g/mol. The van der Waals surface area contributed by atoms with Crippen LogP contribution in [0.1, 0.15) is 12.5 Å². The van der Waals surface area contributed by atoms with Gasteiger partial charge in [0.05, 0.1) is 12.1 Å². The molecule has 1 aromatic carbocycles. The summed E-state index contributed by atoms with van der Waals surface area (Å²) in [5.74, 6) is -0.343. The van der Waals surface area contributed by atoms with Crippen LogP contribution in [0.5, 0.6) is 0 Å². The van der Waals surface area contributed by atoms with Gasteiger partial charge in [0.1, 0.15) is 0 Å². The number of rotatable bonds is 5. The summed E-state index contributed by atoms with van der Waals surface area (Å²) in [6.07, 6.45) is 2.23. The molecule has 0 aliphatic heterocycles. The Bertz CT molecular complexity index is 349. The summed E-state index contributed by atoms with van der Waals surface area (Å²) in [6, 6.07) is 8.18. The molecule has 0 spiro atoms. The summed E-state index contributed by atoms with van der Waals surface area (Å²) in [7, 11) is 0. The van der Waals surface area contributed by atoms with Gasteiger partial charge in [0, 0.05) is 6.42 Å². The van der Waals surface area contributed by atoms with E-state index in [1.54, 1.807) is 13.2 Å². The fraction of sp³-hybridized carbons (Fsp3) is 0.333. The van der Waals surface area contributed by atoms with Crippen molar-refractivity contribution in [2.24, 2.45) is 5.73 Å². The number of carbonyl (C=O) groups is 1. The van der Waals surface area contributed by atoms with Crippen molar-refractivity contribution < 1.29 is 9.59 Å². The first-order chi connectivity index (χ1) is 7.63. The third-order valence-corrected chi connectivity index (χ3v) is 2.15. The van der Waals surface area contributed by atoms with Crippen molar-refractivity contribution in [1.29, 1.82) is 0 Å². The minimum atomic E-state index is -0.638. The molecule has 0 aromatic heterocycles. The second kappa shape index (κ2) is 6.02. The lowest BCUT2D eigenvalue weighted by molar-refractivity contribution is -0.122. The summed E-state index contributed by atoms with van der Waals surface area (Å²) in [5.41, 5.74) is 6.36. The van der Waals surface area contributed by atoms with Crippen molar-refractivity contribution in [3.05, 3.63) is 35.9 Å². The molecule has 0 unspecified atom stereocenters. The van der Waals surface area contributed by atoms with E-state index in [4.69, 9.17) is 5.73 Å². The second-order valence-corrected chi connectivity index (χ2v) is 3.66. The Hall–Kier alpha value is -1.68. The molecule has 0 saturated carbocycles. The molecule has 16 heavy (non-hydrogen) atoms.